The van der Waals surface area contributed by atoms with E-state index >= 15 is 0 Å². The van der Waals surface area contributed by atoms with Crippen molar-refractivity contribution in [3.05, 3.63) is 35.9 Å². The van der Waals surface area contributed by atoms with Crippen molar-refractivity contribution >= 4 is 5.91 Å². The summed E-state index contributed by atoms with van der Waals surface area (Å²) in [5, 5.41) is 3.30. The Morgan fingerprint density at radius 1 is 1.28 bits per heavy atom. The molecule has 0 saturated carbocycles. The van der Waals surface area contributed by atoms with Gasteiger partial charge in [-0.05, 0) is 31.4 Å². The summed E-state index contributed by atoms with van der Waals surface area (Å²) in [6.45, 7) is 4.53. The first kappa shape index (κ1) is 13.1. The Morgan fingerprint density at radius 3 is 2.78 bits per heavy atom. The first-order chi connectivity index (χ1) is 8.81. The molecule has 0 aliphatic carbocycles. The van der Waals surface area contributed by atoms with E-state index in [0.717, 1.165) is 38.9 Å². The third-order valence-corrected chi connectivity index (χ3v) is 3.45. The third-order valence-electron chi connectivity index (χ3n) is 3.45. The van der Waals surface area contributed by atoms with E-state index in [0.29, 0.717) is 0 Å². The molecule has 0 spiro atoms. The molecule has 98 valence electrons. The molecule has 1 atom stereocenters. The van der Waals surface area contributed by atoms with Crippen LogP contribution in [-0.4, -0.2) is 29.9 Å². The van der Waals surface area contributed by atoms with Gasteiger partial charge in [-0.1, -0.05) is 37.3 Å². The van der Waals surface area contributed by atoms with Crippen molar-refractivity contribution in [3.8, 4) is 0 Å². The van der Waals surface area contributed by atoms with Gasteiger partial charge >= 0.3 is 0 Å². The quantitative estimate of drug-likeness (QED) is 0.883. The second-order valence-electron chi connectivity index (χ2n) is 4.85. The zero-order chi connectivity index (χ0) is 12.8. The molecule has 1 aromatic carbocycles. The SMILES string of the molecule is CCNC1CCCCN(Cc2ccccc2)C1=O. The van der Waals surface area contributed by atoms with Crippen LogP contribution in [-0.2, 0) is 11.3 Å². The molecule has 3 heteroatoms. The standard InChI is InChI=1S/C15H22N2O/c1-2-16-14-10-6-7-11-17(15(14)18)12-13-8-4-3-5-9-13/h3-5,8-9,14,16H,2,6-7,10-12H2,1H3. The fourth-order valence-electron chi connectivity index (χ4n) is 2.50. The highest BCUT2D eigenvalue weighted by Crippen LogP contribution is 2.15. The summed E-state index contributed by atoms with van der Waals surface area (Å²) in [5.41, 5.74) is 1.21. The predicted molar refractivity (Wildman–Crippen MR) is 73.2 cm³/mol. The Morgan fingerprint density at radius 2 is 2.06 bits per heavy atom. The van der Waals surface area contributed by atoms with Crippen molar-refractivity contribution in [2.24, 2.45) is 0 Å². The minimum Gasteiger partial charge on any atom is -0.337 e. The Kier molecular flexibility index (Phi) is 4.76. The molecule has 1 aliphatic rings. The van der Waals surface area contributed by atoms with E-state index in [4.69, 9.17) is 0 Å². The van der Waals surface area contributed by atoms with Crippen LogP contribution in [0, 0.1) is 0 Å². The lowest BCUT2D eigenvalue weighted by molar-refractivity contribution is -0.133. The number of likely N-dealkylation sites (tertiary alicyclic amines) is 1. The molecule has 1 heterocycles. The maximum Gasteiger partial charge on any atom is 0.240 e. The molecule has 0 radical (unpaired) electrons. The van der Waals surface area contributed by atoms with Crippen LogP contribution in [0.5, 0.6) is 0 Å². The van der Waals surface area contributed by atoms with E-state index < -0.39 is 0 Å². The van der Waals surface area contributed by atoms with E-state index in [-0.39, 0.29) is 11.9 Å². The van der Waals surface area contributed by atoms with Crippen molar-refractivity contribution in [2.75, 3.05) is 13.1 Å². The molecule has 1 aromatic rings. The zero-order valence-electron chi connectivity index (χ0n) is 11.1. The fraction of sp³-hybridized carbons (Fsp3) is 0.533. The van der Waals surface area contributed by atoms with Crippen LogP contribution in [0.1, 0.15) is 31.7 Å². The predicted octanol–water partition coefficient (Wildman–Crippen LogP) is 2.18. The maximum atomic E-state index is 12.4. The average Bonchev–Trinajstić information content (AvgIpc) is 2.56. The number of nitrogens with zero attached hydrogens (tertiary/aromatic N) is 1. The smallest absolute Gasteiger partial charge is 0.240 e. The van der Waals surface area contributed by atoms with E-state index in [1.807, 2.05) is 23.1 Å². The second kappa shape index (κ2) is 6.55. The second-order valence-corrected chi connectivity index (χ2v) is 4.85. The van der Waals surface area contributed by atoms with E-state index in [1.165, 1.54) is 5.56 Å². The number of hydrogen-bond donors (Lipinski definition) is 1. The molecule has 2 rings (SSSR count). The van der Waals surface area contributed by atoms with E-state index in [2.05, 4.69) is 24.4 Å². The van der Waals surface area contributed by atoms with Crippen LogP contribution in [0.3, 0.4) is 0 Å². The largest absolute Gasteiger partial charge is 0.337 e. The Hall–Kier alpha value is -1.35. The number of rotatable bonds is 4. The summed E-state index contributed by atoms with van der Waals surface area (Å²) in [6.07, 6.45) is 3.22. The van der Waals surface area contributed by atoms with Gasteiger partial charge in [0.2, 0.25) is 5.91 Å². The summed E-state index contributed by atoms with van der Waals surface area (Å²) in [4.78, 5) is 14.4. The molecule has 1 amide bonds. The van der Waals surface area contributed by atoms with Gasteiger partial charge < -0.3 is 10.2 Å². The van der Waals surface area contributed by atoms with Crippen LogP contribution in [0.4, 0.5) is 0 Å². The minimum atomic E-state index is 0.0150. The highest BCUT2D eigenvalue weighted by Gasteiger charge is 2.25. The monoisotopic (exact) mass is 246 g/mol. The first-order valence-corrected chi connectivity index (χ1v) is 6.87. The topological polar surface area (TPSA) is 32.3 Å². The van der Waals surface area contributed by atoms with Gasteiger partial charge in [-0.2, -0.15) is 0 Å². The summed E-state index contributed by atoms with van der Waals surface area (Å²) in [7, 11) is 0. The third kappa shape index (κ3) is 3.33. The molecular formula is C15H22N2O. The van der Waals surface area contributed by atoms with Crippen molar-refractivity contribution in [3.63, 3.8) is 0 Å². The Bertz CT molecular complexity index is 377. The highest BCUT2D eigenvalue weighted by atomic mass is 16.2. The molecule has 18 heavy (non-hydrogen) atoms. The number of hydrogen-bond acceptors (Lipinski definition) is 2. The molecule has 0 aromatic heterocycles. The zero-order valence-corrected chi connectivity index (χ0v) is 11.1. The van der Waals surface area contributed by atoms with Crippen LogP contribution < -0.4 is 5.32 Å². The normalized spacial score (nSPS) is 20.8. The van der Waals surface area contributed by atoms with Crippen molar-refractivity contribution in [2.45, 2.75) is 38.8 Å². The van der Waals surface area contributed by atoms with Gasteiger partial charge in [0.15, 0.2) is 0 Å². The van der Waals surface area contributed by atoms with Crippen LogP contribution in [0.25, 0.3) is 0 Å². The van der Waals surface area contributed by atoms with E-state index in [9.17, 15) is 4.79 Å². The molecule has 1 aliphatic heterocycles. The van der Waals surface area contributed by atoms with Gasteiger partial charge in [0, 0.05) is 13.1 Å². The Labute approximate surface area is 109 Å². The molecule has 3 nitrogen and oxygen atoms in total. The number of nitrogens with one attached hydrogen (secondary N) is 1. The fourth-order valence-corrected chi connectivity index (χ4v) is 2.50. The summed E-state index contributed by atoms with van der Waals surface area (Å²) in [6, 6.07) is 10.2. The number of carbonyl (C=O) groups excluding carboxylic acids is 1. The van der Waals surface area contributed by atoms with Crippen molar-refractivity contribution in [1.29, 1.82) is 0 Å². The number of likely N-dealkylation sites (N-methyl/N-ethyl adjacent to an activating group) is 1. The molecule has 0 bridgehead atoms. The van der Waals surface area contributed by atoms with E-state index in [1.54, 1.807) is 0 Å². The minimum absolute atomic E-state index is 0.0150. The molecule has 1 unspecified atom stereocenters. The summed E-state index contributed by atoms with van der Waals surface area (Å²) < 4.78 is 0. The van der Waals surface area contributed by atoms with Gasteiger partial charge in [-0.25, -0.2) is 0 Å². The molecule has 1 saturated heterocycles. The maximum absolute atomic E-state index is 12.4. The van der Waals surface area contributed by atoms with Gasteiger partial charge in [0.05, 0.1) is 6.04 Å². The lowest BCUT2D eigenvalue weighted by Crippen LogP contribution is -2.44. The van der Waals surface area contributed by atoms with Crippen molar-refractivity contribution < 1.29 is 4.79 Å². The van der Waals surface area contributed by atoms with Gasteiger partial charge in [-0.3, -0.25) is 4.79 Å². The van der Waals surface area contributed by atoms with Gasteiger partial charge in [0.1, 0.15) is 0 Å². The molecule has 1 fully saturated rings. The van der Waals surface area contributed by atoms with Crippen molar-refractivity contribution in [1.82, 2.24) is 10.2 Å². The molecule has 1 N–H and O–H groups in total. The van der Waals surface area contributed by atoms with Crippen LogP contribution in [0.15, 0.2) is 30.3 Å². The lowest BCUT2D eigenvalue weighted by atomic mass is 10.1. The highest BCUT2D eigenvalue weighted by molar-refractivity contribution is 5.82. The number of benzene rings is 1. The van der Waals surface area contributed by atoms with Gasteiger partial charge in [0.25, 0.3) is 0 Å². The lowest BCUT2D eigenvalue weighted by Gasteiger charge is -2.24. The Balaban J connectivity index is 2.03. The van der Waals surface area contributed by atoms with Crippen LogP contribution >= 0.6 is 0 Å². The van der Waals surface area contributed by atoms with Crippen LogP contribution in [0.2, 0.25) is 0 Å². The number of carbonyl (C=O) groups is 1. The summed E-state index contributed by atoms with van der Waals surface area (Å²) >= 11 is 0. The average molecular weight is 246 g/mol. The first-order valence-electron chi connectivity index (χ1n) is 6.87. The summed E-state index contributed by atoms with van der Waals surface area (Å²) in [5.74, 6) is 0.262. The number of amides is 1. The van der Waals surface area contributed by atoms with Gasteiger partial charge in [-0.15, -0.1) is 0 Å². The molecular weight excluding hydrogens is 224 g/mol.